The van der Waals surface area contributed by atoms with Gasteiger partial charge in [0.05, 0.1) is 5.03 Å². The Balaban J connectivity index is 1.90. The number of nitrogens with zero attached hydrogens (tertiary/aromatic N) is 2. The SMILES string of the molecule is CSC1=C(C)SC(N2CCCCC2)N1c1ccccc1. The van der Waals surface area contributed by atoms with Crippen LogP contribution in [0.15, 0.2) is 40.3 Å². The lowest BCUT2D eigenvalue weighted by molar-refractivity contribution is 0.216. The zero-order valence-electron chi connectivity index (χ0n) is 12.2. The number of allylic oxidation sites excluding steroid dienone is 1. The van der Waals surface area contributed by atoms with Gasteiger partial charge in [-0.1, -0.05) is 36.4 Å². The van der Waals surface area contributed by atoms with Crippen molar-refractivity contribution < 1.29 is 0 Å². The number of para-hydroxylation sites is 1. The third-order valence-electron chi connectivity index (χ3n) is 3.95. The first-order chi connectivity index (χ1) is 9.81. The monoisotopic (exact) mass is 306 g/mol. The van der Waals surface area contributed by atoms with Crippen LogP contribution in [0.1, 0.15) is 26.2 Å². The first-order valence-electron chi connectivity index (χ1n) is 7.31. The Kier molecular flexibility index (Phi) is 4.64. The van der Waals surface area contributed by atoms with Crippen molar-refractivity contribution in [1.82, 2.24) is 4.90 Å². The third-order valence-corrected chi connectivity index (χ3v) is 6.24. The molecule has 2 heterocycles. The van der Waals surface area contributed by atoms with Gasteiger partial charge in [-0.2, -0.15) is 0 Å². The van der Waals surface area contributed by atoms with E-state index in [0.29, 0.717) is 5.50 Å². The van der Waals surface area contributed by atoms with Gasteiger partial charge in [0.2, 0.25) is 0 Å². The average Bonchev–Trinajstić information content (AvgIpc) is 2.85. The number of hydrogen-bond acceptors (Lipinski definition) is 4. The summed E-state index contributed by atoms with van der Waals surface area (Å²) in [6.45, 7) is 4.72. The molecule has 0 radical (unpaired) electrons. The van der Waals surface area contributed by atoms with E-state index in [0.717, 1.165) is 0 Å². The molecule has 0 aliphatic carbocycles. The lowest BCUT2D eigenvalue weighted by Crippen LogP contribution is -2.45. The molecule has 0 saturated carbocycles. The Labute approximate surface area is 130 Å². The molecule has 1 aromatic rings. The molecule has 1 aromatic carbocycles. The third kappa shape index (κ3) is 2.74. The summed E-state index contributed by atoms with van der Waals surface area (Å²) in [6, 6.07) is 10.8. The van der Waals surface area contributed by atoms with E-state index < -0.39 is 0 Å². The minimum atomic E-state index is 0.445. The van der Waals surface area contributed by atoms with Crippen LogP contribution in [0.2, 0.25) is 0 Å². The molecule has 1 saturated heterocycles. The summed E-state index contributed by atoms with van der Waals surface area (Å²) in [5.41, 5.74) is 1.76. The van der Waals surface area contributed by atoms with Crippen LogP contribution in [0, 0.1) is 0 Å². The Bertz CT molecular complexity index is 481. The minimum Gasteiger partial charge on any atom is -0.310 e. The van der Waals surface area contributed by atoms with Crippen LogP contribution in [0.4, 0.5) is 5.69 Å². The number of likely N-dealkylation sites (tertiary alicyclic amines) is 1. The van der Waals surface area contributed by atoms with E-state index in [1.165, 1.54) is 48.0 Å². The molecule has 2 aliphatic rings. The lowest BCUT2D eigenvalue weighted by Gasteiger charge is -2.38. The molecule has 4 heteroatoms. The van der Waals surface area contributed by atoms with Gasteiger partial charge in [0.15, 0.2) is 0 Å². The van der Waals surface area contributed by atoms with Gasteiger partial charge in [-0.25, -0.2) is 0 Å². The summed E-state index contributed by atoms with van der Waals surface area (Å²) >= 11 is 3.89. The second kappa shape index (κ2) is 6.46. The molecule has 2 nitrogen and oxygen atoms in total. The molecule has 0 N–H and O–H groups in total. The highest BCUT2D eigenvalue weighted by molar-refractivity contribution is 8.07. The zero-order chi connectivity index (χ0) is 13.9. The van der Waals surface area contributed by atoms with Gasteiger partial charge in [-0.05, 0) is 38.2 Å². The second-order valence-corrected chi connectivity index (χ2v) is 7.38. The van der Waals surface area contributed by atoms with Gasteiger partial charge in [0.1, 0.15) is 5.50 Å². The average molecular weight is 306 g/mol. The number of benzene rings is 1. The summed E-state index contributed by atoms with van der Waals surface area (Å²) in [5.74, 6) is 0. The maximum Gasteiger partial charge on any atom is 0.139 e. The quantitative estimate of drug-likeness (QED) is 0.807. The topological polar surface area (TPSA) is 6.48 Å². The lowest BCUT2D eigenvalue weighted by atomic mass is 10.1. The molecule has 20 heavy (non-hydrogen) atoms. The molecule has 2 aliphatic heterocycles. The molecule has 0 spiro atoms. The fourth-order valence-corrected chi connectivity index (χ4v) is 5.34. The van der Waals surface area contributed by atoms with Crippen LogP contribution in [0.5, 0.6) is 0 Å². The first kappa shape index (κ1) is 14.4. The molecule has 0 aromatic heterocycles. The number of anilines is 1. The summed E-state index contributed by atoms with van der Waals surface area (Å²) in [6.07, 6.45) is 6.26. The molecule has 1 unspecified atom stereocenters. The van der Waals surface area contributed by atoms with Crippen LogP contribution >= 0.6 is 23.5 Å². The van der Waals surface area contributed by atoms with Crippen LogP contribution in [0.3, 0.4) is 0 Å². The van der Waals surface area contributed by atoms with Crippen molar-refractivity contribution in [1.29, 1.82) is 0 Å². The van der Waals surface area contributed by atoms with Crippen molar-refractivity contribution >= 4 is 29.2 Å². The highest BCUT2D eigenvalue weighted by Crippen LogP contribution is 2.46. The van der Waals surface area contributed by atoms with Crippen LogP contribution < -0.4 is 4.90 Å². The van der Waals surface area contributed by atoms with Gasteiger partial charge < -0.3 is 4.90 Å². The Morgan fingerprint density at radius 1 is 1.10 bits per heavy atom. The van der Waals surface area contributed by atoms with Gasteiger partial charge in [-0.3, -0.25) is 4.90 Å². The number of hydrogen-bond donors (Lipinski definition) is 0. The van der Waals surface area contributed by atoms with E-state index in [2.05, 4.69) is 53.3 Å². The highest BCUT2D eigenvalue weighted by atomic mass is 32.2. The molecule has 3 rings (SSSR count). The standard InChI is InChI=1S/C16H22N2S2/c1-13-15(19-2)18(14-9-5-3-6-10-14)16(20-13)17-11-7-4-8-12-17/h3,5-6,9-10,16H,4,7-8,11-12H2,1-2H3. The molecular weight excluding hydrogens is 284 g/mol. The summed E-state index contributed by atoms with van der Waals surface area (Å²) in [7, 11) is 0. The van der Waals surface area contributed by atoms with E-state index >= 15 is 0 Å². The maximum atomic E-state index is 2.65. The van der Waals surface area contributed by atoms with Crippen molar-refractivity contribution in [2.75, 3.05) is 24.2 Å². The van der Waals surface area contributed by atoms with Crippen LogP contribution in [-0.4, -0.2) is 29.7 Å². The maximum absolute atomic E-state index is 2.65. The van der Waals surface area contributed by atoms with Gasteiger partial charge in [0, 0.05) is 23.7 Å². The minimum absolute atomic E-state index is 0.445. The summed E-state index contributed by atoms with van der Waals surface area (Å²) in [5, 5.41) is 1.41. The van der Waals surface area contributed by atoms with Crippen molar-refractivity contribution in [2.24, 2.45) is 0 Å². The first-order valence-corrected chi connectivity index (χ1v) is 9.41. The van der Waals surface area contributed by atoms with E-state index in [9.17, 15) is 0 Å². The van der Waals surface area contributed by atoms with Crippen molar-refractivity contribution in [3.63, 3.8) is 0 Å². The van der Waals surface area contributed by atoms with Crippen molar-refractivity contribution in [3.05, 3.63) is 40.3 Å². The molecular formula is C16H22N2S2. The number of piperidine rings is 1. The largest absolute Gasteiger partial charge is 0.310 e. The smallest absolute Gasteiger partial charge is 0.139 e. The zero-order valence-corrected chi connectivity index (χ0v) is 13.8. The molecule has 0 bridgehead atoms. The normalized spacial score (nSPS) is 24.5. The highest BCUT2D eigenvalue weighted by Gasteiger charge is 2.35. The number of rotatable bonds is 3. The predicted molar refractivity (Wildman–Crippen MR) is 91.9 cm³/mol. The Morgan fingerprint density at radius 2 is 1.80 bits per heavy atom. The van der Waals surface area contributed by atoms with Gasteiger partial charge in [0.25, 0.3) is 0 Å². The predicted octanol–water partition coefficient (Wildman–Crippen LogP) is 4.56. The fourth-order valence-electron chi connectivity index (χ4n) is 2.98. The molecule has 108 valence electrons. The van der Waals surface area contributed by atoms with Crippen molar-refractivity contribution in [2.45, 2.75) is 31.7 Å². The van der Waals surface area contributed by atoms with Crippen molar-refractivity contribution in [3.8, 4) is 0 Å². The Hall–Kier alpha value is -0.580. The number of thioether (sulfide) groups is 2. The van der Waals surface area contributed by atoms with E-state index in [1.54, 1.807) is 0 Å². The summed E-state index contributed by atoms with van der Waals surface area (Å²) in [4.78, 5) is 6.63. The van der Waals surface area contributed by atoms with E-state index in [4.69, 9.17) is 0 Å². The molecule has 1 fully saturated rings. The van der Waals surface area contributed by atoms with E-state index in [-0.39, 0.29) is 0 Å². The Morgan fingerprint density at radius 3 is 2.45 bits per heavy atom. The van der Waals surface area contributed by atoms with E-state index in [1.807, 2.05) is 23.5 Å². The fraction of sp³-hybridized carbons (Fsp3) is 0.500. The summed E-state index contributed by atoms with van der Waals surface area (Å²) < 4.78 is 0. The van der Waals surface area contributed by atoms with Crippen LogP contribution in [0.25, 0.3) is 0 Å². The van der Waals surface area contributed by atoms with Crippen LogP contribution in [-0.2, 0) is 0 Å². The second-order valence-electron chi connectivity index (χ2n) is 5.31. The molecule has 1 atom stereocenters. The van der Waals surface area contributed by atoms with Gasteiger partial charge in [-0.15, -0.1) is 11.8 Å². The molecule has 0 amide bonds. The van der Waals surface area contributed by atoms with Gasteiger partial charge >= 0.3 is 0 Å².